The molecule has 1 aromatic carbocycles. The van der Waals surface area contributed by atoms with Crippen LogP contribution in [0.5, 0.6) is 0 Å². The van der Waals surface area contributed by atoms with Gasteiger partial charge in [-0.2, -0.15) is 0 Å². The molecule has 20 heavy (non-hydrogen) atoms. The van der Waals surface area contributed by atoms with Crippen LogP contribution in [0.2, 0.25) is 0 Å². The monoisotopic (exact) mass is 308 g/mol. The Hall–Kier alpha value is -1.52. The van der Waals surface area contributed by atoms with Gasteiger partial charge in [0.05, 0.1) is 6.54 Å². The topological polar surface area (TPSA) is 32.3 Å². The lowest BCUT2D eigenvalue weighted by atomic mass is 10.1. The van der Waals surface area contributed by atoms with E-state index in [9.17, 15) is 4.79 Å². The maximum absolute atomic E-state index is 12.2. The van der Waals surface area contributed by atoms with E-state index in [1.165, 1.54) is 10.4 Å². The highest BCUT2D eigenvalue weighted by molar-refractivity contribution is 7.10. The molecule has 0 aliphatic carbocycles. The van der Waals surface area contributed by atoms with Crippen molar-refractivity contribution < 1.29 is 4.79 Å². The number of nitrogens with one attached hydrogen (secondary N) is 1. The molecule has 106 valence electrons. The van der Waals surface area contributed by atoms with Crippen molar-refractivity contribution in [3.05, 3.63) is 52.2 Å². The molecule has 0 fully saturated rings. The molecule has 1 aromatic heterocycles. The summed E-state index contributed by atoms with van der Waals surface area (Å²) in [6, 6.07) is 12.0. The normalized spacial score (nSPS) is 13.3. The van der Waals surface area contributed by atoms with Gasteiger partial charge in [0.25, 0.3) is 0 Å². The summed E-state index contributed by atoms with van der Waals surface area (Å²) >= 11 is 1.80. The van der Waals surface area contributed by atoms with Crippen molar-refractivity contribution in [1.29, 1.82) is 0 Å². The number of amides is 1. The Morgan fingerprint density at radius 2 is 2.05 bits per heavy atom. The largest absolute Gasteiger partial charge is 0.376 e. The summed E-state index contributed by atoms with van der Waals surface area (Å²) in [5, 5.41) is 5.28. The summed E-state index contributed by atoms with van der Waals surface area (Å²) in [7, 11) is 0. The number of para-hydroxylation sites is 1. The highest BCUT2D eigenvalue weighted by Gasteiger charge is 2.20. The number of hydrogen-bond donors (Lipinski definition) is 1. The van der Waals surface area contributed by atoms with Crippen molar-refractivity contribution in [2.45, 2.75) is 13.0 Å². The van der Waals surface area contributed by atoms with Crippen LogP contribution in [0.3, 0.4) is 0 Å². The molecule has 0 bridgehead atoms. The second-order valence-electron chi connectivity index (χ2n) is 4.65. The number of hydrogen-bond acceptors (Lipinski definition) is 3. The molecular formula is C15H17ClN2OS. The van der Waals surface area contributed by atoms with E-state index >= 15 is 0 Å². The standard InChI is InChI=1S/C15H16N2OS.ClH/c18-15(10-16-13-4-2-1-3-5-13)17-8-6-14-12(11-17)7-9-19-14;/h1-5,7,9,16H,6,8,10-11H2;1H. The smallest absolute Gasteiger partial charge is 0.242 e. The van der Waals surface area contributed by atoms with Crippen LogP contribution in [0.1, 0.15) is 10.4 Å². The van der Waals surface area contributed by atoms with E-state index < -0.39 is 0 Å². The number of halogens is 1. The van der Waals surface area contributed by atoms with Crippen LogP contribution < -0.4 is 5.32 Å². The van der Waals surface area contributed by atoms with Gasteiger partial charge in [0.15, 0.2) is 0 Å². The Balaban J connectivity index is 0.00000147. The van der Waals surface area contributed by atoms with E-state index in [0.29, 0.717) is 6.54 Å². The fourth-order valence-corrected chi connectivity index (χ4v) is 3.20. The van der Waals surface area contributed by atoms with Gasteiger partial charge in [0.1, 0.15) is 0 Å². The van der Waals surface area contributed by atoms with Crippen molar-refractivity contribution in [1.82, 2.24) is 4.90 Å². The van der Waals surface area contributed by atoms with Gasteiger partial charge in [-0.05, 0) is 35.6 Å². The number of carbonyl (C=O) groups is 1. The van der Waals surface area contributed by atoms with E-state index in [1.54, 1.807) is 11.3 Å². The van der Waals surface area contributed by atoms with E-state index in [0.717, 1.165) is 25.2 Å². The Morgan fingerprint density at radius 1 is 1.25 bits per heavy atom. The molecule has 1 aliphatic rings. The number of benzene rings is 1. The molecule has 0 unspecified atom stereocenters. The van der Waals surface area contributed by atoms with E-state index in [-0.39, 0.29) is 18.3 Å². The second-order valence-corrected chi connectivity index (χ2v) is 5.65. The Labute approximate surface area is 129 Å². The number of carbonyl (C=O) groups excluding carboxylic acids is 1. The summed E-state index contributed by atoms with van der Waals surface area (Å²) < 4.78 is 0. The van der Waals surface area contributed by atoms with Crippen LogP contribution in [-0.4, -0.2) is 23.9 Å². The van der Waals surface area contributed by atoms with Gasteiger partial charge in [-0.3, -0.25) is 4.79 Å². The Morgan fingerprint density at radius 3 is 2.85 bits per heavy atom. The molecule has 0 radical (unpaired) electrons. The van der Waals surface area contributed by atoms with Crippen molar-refractivity contribution in [2.75, 3.05) is 18.4 Å². The third-order valence-corrected chi connectivity index (χ3v) is 4.40. The molecule has 2 aromatic rings. The van der Waals surface area contributed by atoms with Crippen molar-refractivity contribution in [2.24, 2.45) is 0 Å². The summed E-state index contributed by atoms with van der Waals surface area (Å²) in [6.45, 7) is 1.96. The minimum absolute atomic E-state index is 0. The first-order valence-electron chi connectivity index (χ1n) is 6.45. The van der Waals surface area contributed by atoms with Gasteiger partial charge in [-0.15, -0.1) is 23.7 Å². The lowest BCUT2D eigenvalue weighted by Gasteiger charge is -2.27. The summed E-state index contributed by atoms with van der Waals surface area (Å²) in [5.41, 5.74) is 2.30. The quantitative estimate of drug-likeness (QED) is 0.944. The average Bonchev–Trinajstić information content (AvgIpc) is 2.93. The van der Waals surface area contributed by atoms with Crippen molar-refractivity contribution in [3.63, 3.8) is 0 Å². The number of anilines is 1. The van der Waals surface area contributed by atoms with Crippen molar-refractivity contribution >= 4 is 35.3 Å². The number of thiophene rings is 1. The molecular weight excluding hydrogens is 292 g/mol. The van der Waals surface area contributed by atoms with Gasteiger partial charge in [0, 0.05) is 23.7 Å². The minimum Gasteiger partial charge on any atom is -0.376 e. The highest BCUT2D eigenvalue weighted by Crippen LogP contribution is 2.23. The zero-order valence-electron chi connectivity index (χ0n) is 11.0. The van der Waals surface area contributed by atoms with Crippen LogP contribution in [-0.2, 0) is 17.8 Å². The maximum atomic E-state index is 12.2. The molecule has 0 saturated heterocycles. The molecule has 2 heterocycles. The van der Waals surface area contributed by atoms with Crippen molar-refractivity contribution in [3.8, 4) is 0 Å². The Bertz CT molecular complexity index is 570. The van der Waals surface area contributed by atoms with Gasteiger partial charge in [-0.1, -0.05) is 18.2 Å². The van der Waals surface area contributed by atoms with Crippen LogP contribution in [0.15, 0.2) is 41.8 Å². The molecule has 0 atom stereocenters. The molecule has 1 aliphatic heterocycles. The molecule has 0 spiro atoms. The van der Waals surface area contributed by atoms with Gasteiger partial charge in [-0.25, -0.2) is 0 Å². The number of rotatable bonds is 3. The summed E-state index contributed by atoms with van der Waals surface area (Å²) in [4.78, 5) is 15.5. The van der Waals surface area contributed by atoms with Gasteiger partial charge < -0.3 is 10.2 Å². The predicted molar refractivity (Wildman–Crippen MR) is 85.6 cm³/mol. The second kappa shape index (κ2) is 6.77. The first kappa shape index (κ1) is 14.9. The predicted octanol–water partition coefficient (Wildman–Crippen LogP) is 3.17. The molecule has 1 N–H and O–H groups in total. The zero-order chi connectivity index (χ0) is 13.1. The molecule has 5 heteroatoms. The molecule has 1 amide bonds. The fourth-order valence-electron chi connectivity index (χ4n) is 2.31. The van der Waals surface area contributed by atoms with Crippen LogP contribution in [0.4, 0.5) is 5.69 Å². The SMILES string of the molecule is Cl.O=C(CNc1ccccc1)N1CCc2sccc2C1. The number of fused-ring (bicyclic) bond motifs is 1. The molecule has 3 nitrogen and oxygen atoms in total. The zero-order valence-corrected chi connectivity index (χ0v) is 12.7. The van der Waals surface area contributed by atoms with Gasteiger partial charge >= 0.3 is 0 Å². The lowest BCUT2D eigenvalue weighted by molar-refractivity contribution is -0.130. The molecule has 3 rings (SSSR count). The van der Waals surface area contributed by atoms with Gasteiger partial charge in [0.2, 0.25) is 5.91 Å². The average molecular weight is 309 g/mol. The fraction of sp³-hybridized carbons (Fsp3) is 0.267. The van der Waals surface area contributed by atoms with Crippen LogP contribution in [0.25, 0.3) is 0 Å². The first-order valence-corrected chi connectivity index (χ1v) is 7.33. The van der Waals surface area contributed by atoms with Crippen LogP contribution in [0, 0.1) is 0 Å². The third-order valence-electron chi connectivity index (χ3n) is 3.38. The summed E-state index contributed by atoms with van der Waals surface area (Å²) in [6.07, 6.45) is 0.990. The van der Waals surface area contributed by atoms with E-state index in [4.69, 9.17) is 0 Å². The number of nitrogens with zero attached hydrogens (tertiary/aromatic N) is 1. The van der Waals surface area contributed by atoms with Crippen LogP contribution >= 0.6 is 23.7 Å². The first-order chi connectivity index (χ1) is 9.33. The molecule has 0 saturated carbocycles. The highest BCUT2D eigenvalue weighted by atomic mass is 35.5. The maximum Gasteiger partial charge on any atom is 0.242 e. The minimum atomic E-state index is 0. The Kier molecular flexibility index (Phi) is 5.04. The lowest BCUT2D eigenvalue weighted by Crippen LogP contribution is -2.38. The third kappa shape index (κ3) is 3.32. The van der Waals surface area contributed by atoms with E-state index in [2.05, 4.69) is 16.8 Å². The summed E-state index contributed by atoms with van der Waals surface area (Å²) in [5.74, 6) is 0.167. The van der Waals surface area contributed by atoms with E-state index in [1.807, 2.05) is 35.2 Å².